The second-order valence-corrected chi connectivity index (χ2v) is 7.91. The molecule has 1 aliphatic heterocycles. The van der Waals surface area contributed by atoms with Crippen molar-refractivity contribution in [3.8, 4) is 0 Å². The predicted molar refractivity (Wildman–Crippen MR) is 110 cm³/mol. The van der Waals surface area contributed by atoms with Gasteiger partial charge in [0, 0.05) is 50.2 Å². The molecule has 2 saturated carbocycles. The Labute approximate surface area is 163 Å². The van der Waals surface area contributed by atoms with E-state index in [-0.39, 0.29) is 0 Å². The van der Waals surface area contributed by atoms with Crippen LogP contribution in [0.15, 0.2) is 18.3 Å². The number of hydrogen-bond donors (Lipinski definition) is 2. The van der Waals surface area contributed by atoms with E-state index in [2.05, 4.69) is 20.1 Å². The van der Waals surface area contributed by atoms with Crippen LogP contribution in [-0.4, -0.2) is 53.3 Å². The van der Waals surface area contributed by atoms with Crippen LogP contribution in [0, 0.1) is 0 Å². The van der Waals surface area contributed by atoms with Crippen LogP contribution < -0.4 is 10.2 Å². The third-order valence-corrected chi connectivity index (χ3v) is 6.00. The number of hydrogen-bond acceptors (Lipinski definition) is 4. The van der Waals surface area contributed by atoms with Crippen molar-refractivity contribution in [2.45, 2.75) is 70.3 Å². The predicted octanol–water partition coefficient (Wildman–Crippen LogP) is 4.58. The third-order valence-electron chi connectivity index (χ3n) is 6.00. The number of nitrogens with one attached hydrogen (secondary N) is 1. The fraction of sp³-hybridized carbons (Fsp3) is 0.714. The van der Waals surface area contributed by atoms with Gasteiger partial charge in [-0.1, -0.05) is 51.4 Å². The summed E-state index contributed by atoms with van der Waals surface area (Å²) in [5.41, 5.74) is 1.04. The van der Waals surface area contributed by atoms with Gasteiger partial charge in [0.15, 0.2) is 0 Å². The van der Waals surface area contributed by atoms with Crippen LogP contribution in [0.5, 0.6) is 0 Å². The first-order chi connectivity index (χ1) is 13.2. The zero-order chi connectivity index (χ0) is 18.9. The second-order valence-electron chi connectivity index (χ2n) is 7.91. The highest BCUT2D eigenvalue weighted by molar-refractivity contribution is 5.82. The number of amides is 1. The summed E-state index contributed by atoms with van der Waals surface area (Å²) in [7, 11) is 0. The molecule has 1 saturated heterocycles. The molecular weight excluding hydrogens is 340 g/mol. The fourth-order valence-electron chi connectivity index (χ4n) is 4.47. The number of pyridine rings is 1. The van der Waals surface area contributed by atoms with Gasteiger partial charge in [-0.25, -0.2) is 9.78 Å². The molecule has 3 fully saturated rings. The lowest BCUT2D eigenvalue weighted by Gasteiger charge is -2.39. The molecular formula is C21H34N4O2. The summed E-state index contributed by atoms with van der Waals surface area (Å²) < 4.78 is 0. The van der Waals surface area contributed by atoms with E-state index in [4.69, 9.17) is 5.11 Å². The van der Waals surface area contributed by atoms with E-state index >= 15 is 0 Å². The molecule has 1 amide bonds. The highest BCUT2D eigenvalue weighted by Gasteiger charge is 2.26. The van der Waals surface area contributed by atoms with Crippen LogP contribution >= 0.6 is 0 Å². The quantitative estimate of drug-likeness (QED) is 0.811. The molecule has 0 radical (unpaired) electrons. The van der Waals surface area contributed by atoms with Crippen molar-refractivity contribution in [1.29, 1.82) is 0 Å². The lowest BCUT2D eigenvalue weighted by atomic mass is 10.0. The summed E-state index contributed by atoms with van der Waals surface area (Å²) in [5.74, 6) is 0.387. The summed E-state index contributed by atoms with van der Waals surface area (Å²) in [6, 6.07) is 4.53. The van der Waals surface area contributed by atoms with Crippen LogP contribution in [0.3, 0.4) is 0 Å². The Hall–Kier alpha value is -1.82. The van der Waals surface area contributed by atoms with Crippen LogP contribution in [-0.2, 0) is 0 Å². The van der Waals surface area contributed by atoms with Crippen molar-refractivity contribution in [3.05, 3.63) is 18.3 Å². The lowest BCUT2D eigenvalue weighted by molar-refractivity contribution is 0.187. The molecule has 0 unspecified atom stereocenters. The van der Waals surface area contributed by atoms with Gasteiger partial charge in [-0.05, 0) is 18.9 Å². The van der Waals surface area contributed by atoms with E-state index in [1.54, 1.807) is 12.3 Å². The van der Waals surface area contributed by atoms with Gasteiger partial charge in [0.2, 0.25) is 0 Å². The molecule has 1 aromatic rings. The molecule has 2 N–H and O–H groups in total. The Kier molecular flexibility index (Phi) is 7.75. The van der Waals surface area contributed by atoms with Crippen molar-refractivity contribution in [2.75, 3.05) is 36.4 Å². The largest absolute Gasteiger partial charge is 0.465 e. The molecule has 1 aromatic heterocycles. The standard InChI is InChI=1S/C15H22N4O2.C6H12/c20-15(21)17-14-11-13(5-6-16-14)19-9-7-18(8-10-19)12-3-1-2-4-12;1-2-4-6-5-3-1/h5-6,11-12H,1-4,7-10H2,(H,16,17)(H,20,21);1-6H2. The maximum absolute atomic E-state index is 10.7. The lowest BCUT2D eigenvalue weighted by Crippen LogP contribution is -2.49. The van der Waals surface area contributed by atoms with E-state index in [0.717, 1.165) is 37.9 Å². The van der Waals surface area contributed by atoms with Crippen molar-refractivity contribution in [3.63, 3.8) is 0 Å². The van der Waals surface area contributed by atoms with Gasteiger partial charge >= 0.3 is 6.09 Å². The maximum atomic E-state index is 10.7. The van der Waals surface area contributed by atoms with Crippen LogP contribution in [0.2, 0.25) is 0 Å². The Bertz CT molecular complexity index is 566. The molecule has 27 heavy (non-hydrogen) atoms. The smallest absolute Gasteiger partial charge is 0.410 e. The minimum Gasteiger partial charge on any atom is -0.465 e. The molecule has 0 aromatic carbocycles. The molecule has 0 atom stereocenters. The van der Waals surface area contributed by atoms with Crippen molar-refractivity contribution in [2.24, 2.45) is 0 Å². The zero-order valence-corrected chi connectivity index (χ0v) is 16.4. The van der Waals surface area contributed by atoms with E-state index in [1.165, 1.54) is 64.2 Å². The summed E-state index contributed by atoms with van der Waals surface area (Å²) in [6.07, 6.45) is 15.0. The van der Waals surface area contributed by atoms with E-state index in [9.17, 15) is 4.79 Å². The number of rotatable bonds is 3. The minimum atomic E-state index is -1.08. The van der Waals surface area contributed by atoms with Gasteiger partial charge in [-0.2, -0.15) is 0 Å². The van der Waals surface area contributed by atoms with Crippen LogP contribution in [0.4, 0.5) is 16.3 Å². The molecule has 4 rings (SSSR count). The van der Waals surface area contributed by atoms with Gasteiger partial charge in [0.1, 0.15) is 5.82 Å². The third kappa shape index (κ3) is 6.38. The molecule has 6 heteroatoms. The highest BCUT2D eigenvalue weighted by Crippen LogP contribution is 2.26. The number of aromatic nitrogens is 1. The summed E-state index contributed by atoms with van der Waals surface area (Å²) in [4.78, 5) is 19.6. The number of anilines is 2. The topological polar surface area (TPSA) is 68.7 Å². The van der Waals surface area contributed by atoms with Gasteiger partial charge in [-0.3, -0.25) is 10.2 Å². The number of carboxylic acid groups (broad SMARTS) is 1. The summed E-state index contributed by atoms with van der Waals surface area (Å²) in [6.45, 7) is 4.17. The van der Waals surface area contributed by atoms with E-state index in [0.29, 0.717) is 5.82 Å². The SMILES string of the molecule is C1CCCCC1.O=C(O)Nc1cc(N2CCN(C3CCCC3)CC2)ccn1. The van der Waals surface area contributed by atoms with Gasteiger partial charge < -0.3 is 10.0 Å². The average molecular weight is 375 g/mol. The van der Waals surface area contributed by atoms with Gasteiger partial charge in [0.05, 0.1) is 0 Å². The minimum absolute atomic E-state index is 0.387. The van der Waals surface area contributed by atoms with Crippen molar-refractivity contribution in [1.82, 2.24) is 9.88 Å². The Morgan fingerprint density at radius 1 is 0.963 bits per heavy atom. The Balaban J connectivity index is 0.000000299. The summed E-state index contributed by atoms with van der Waals surface area (Å²) >= 11 is 0. The highest BCUT2D eigenvalue weighted by atomic mass is 16.4. The number of piperazine rings is 1. The Morgan fingerprint density at radius 2 is 1.56 bits per heavy atom. The molecule has 2 aliphatic carbocycles. The first-order valence-corrected chi connectivity index (χ1v) is 10.7. The molecule has 0 bridgehead atoms. The maximum Gasteiger partial charge on any atom is 0.410 e. The molecule has 2 heterocycles. The average Bonchev–Trinajstić information content (AvgIpc) is 3.25. The zero-order valence-electron chi connectivity index (χ0n) is 16.4. The normalized spacial score (nSPS) is 21.4. The van der Waals surface area contributed by atoms with E-state index < -0.39 is 6.09 Å². The van der Waals surface area contributed by atoms with Crippen LogP contribution in [0.25, 0.3) is 0 Å². The second kappa shape index (κ2) is 10.5. The van der Waals surface area contributed by atoms with Crippen molar-refractivity contribution < 1.29 is 9.90 Å². The first kappa shape index (κ1) is 19.9. The fourth-order valence-corrected chi connectivity index (χ4v) is 4.47. The van der Waals surface area contributed by atoms with Crippen LogP contribution in [0.1, 0.15) is 64.2 Å². The molecule has 6 nitrogen and oxygen atoms in total. The monoisotopic (exact) mass is 374 g/mol. The molecule has 3 aliphatic rings. The number of carbonyl (C=O) groups is 1. The van der Waals surface area contributed by atoms with E-state index in [1.807, 2.05) is 6.07 Å². The van der Waals surface area contributed by atoms with Gasteiger partial charge in [0.25, 0.3) is 0 Å². The molecule has 150 valence electrons. The number of nitrogens with zero attached hydrogens (tertiary/aromatic N) is 3. The Morgan fingerprint density at radius 3 is 2.11 bits per heavy atom. The van der Waals surface area contributed by atoms with Crippen molar-refractivity contribution >= 4 is 17.6 Å². The van der Waals surface area contributed by atoms with Gasteiger partial charge in [-0.15, -0.1) is 0 Å². The first-order valence-electron chi connectivity index (χ1n) is 10.7. The molecule has 0 spiro atoms. The summed E-state index contributed by atoms with van der Waals surface area (Å²) in [5, 5.41) is 11.1.